The quantitative estimate of drug-likeness (QED) is 0.761. The minimum Gasteiger partial charge on any atom is -0.480 e. The monoisotopic (exact) mass is 254 g/mol. The summed E-state index contributed by atoms with van der Waals surface area (Å²) in [4.78, 5) is 26.1. The van der Waals surface area contributed by atoms with Gasteiger partial charge in [-0.2, -0.15) is 0 Å². The van der Waals surface area contributed by atoms with Crippen LogP contribution >= 0.6 is 0 Å². The van der Waals surface area contributed by atoms with E-state index in [-0.39, 0.29) is 19.1 Å². The molecule has 5 nitrogen and oxygen atoms in total. The molecule has 1 saturated heterocycles. The Kier molecular flexibility index (Phi) is 5.68. The minimum atomic E-state index is -0.991. The van der Waals surface area contributed by atoms with Gasteiger partial charge in [-0.1, -0.05) is 19.4 Å². The second kappa shape index (κ2) is 7.03. The van der Waals surface area contributed by atoms with Crippen molar-refractivity contribution in [3.05, 3.63) is 12.7 Å². The van der Waals surface area contributed by atoms with Gasteiger partial charge in [-0.25, -0.2) is 4.79 Å². The van der Waals surface area contributed by atoms with Crippen molar-refractivity contribution in [1.29, 1.82) is 0 Å². The average Bonchev–Trinajstić information content (AvgIpc) is 2.37. The van der Waals surface area contributed by atoms with Gasteiger partial charge in [-0.05, 0) is 18.8 Å². The molecule has 0 aromatic carbocycles. The van der Waals surface area contributed by atoms with E-state index in [2.05, 4.69) is 13.5 Å². The van der Waals surface area contributed by atoms with Gasteiger partial charge in [0.05, 0.1) is 0 Å². The highest BCUT2D eigenvalue weighted by atomic mass is 16.4. The van der Waals surface area contributed by atoms with E-state index in [1.165, 1.54) is 4.90 Å². The zero-order chi connectivity index (χ0) is 13.5. The number of likely N-dealkylation sites (tertiary alicyclic amines) is 1. The summed E-state index contributed by atoms with van der Waals surface area (Å²) >= 11 is 0. The van der Waals surface area contributed by atoms with Crippen molar-refractivity contribution >= 4 is 12.0 Å². The highest BCUT2D eigenvalue weighted by Crippen LogP contribution is 2.20. The van der Waals surface area contributed by atoms with Crippen LogP contribution in [0.15, 0.2) is 12.7 Å². The molecule has 2 amide bonds. The summed E-state index contributed by atoms with van der Waals surface area (Å²) in [7, 11) is 0. The number of carbonyl (C=O) groups excluding carboxylic acids is 1. The lowest BCUT2D eigenvalue weighted by atomic mass is 9.96. The SMILES string of the molecule is C=CCN(CC(=O)O)C(=O)N1CCCC(CC)C1. The predicted molar refractivity (Wildman–Crippen MR) is 69.4 cm³/mol. The average molecular weight is 254 g/mol. The first-order valence-electron chi connectivity index (χ1n) is 6.45. The van der Waals surface area contributed by atoms with Crippen LogP contribution in [0.3, 0.4) is 0 Å². The summed E-state index contributed by atoms with van der Waals surface area (Å²) in [5, 5.41) is 8.81. The number of nitrogens with zero attached hydrogens (tertiary/aromatic N) is 2. The molecule has 1 rings (SSSR count). The summed E-state index contributed by atoms with van der Waals surface area (Å²) in [6.07, 6.45) is 4.77. The fourth-order valence-electron chi connectivity index (χ4n) is 2.30. The van der Waals surface area contributed by atoms with Crippen LogP contribution in [-0.4, -0.2) is 53.1 Å². The summed E-state index contributed by atoms with van der Waals surface area (Å²) in [5.41, 5.74) is 0. The maximum Gasteiger partial charge on any atom is 0.323 e. The van der Waals surface area contributed by atoms with E-state index in [4.69, 9.17) is 5.11 Å². The van der Waals surface area contributed by atoms with Gasteiger partial charge >= 0.3 is 12.0 Å². The summed E-state index contributed by atoms with van der Waals surface area (Å²) in [6.45, 7) is 7.16. The third-order valence-electron chi connectivity index (χ3n) is 3.31. The number of hydrogen-bond acceptors (Lipinski definition) is 2. The molecule has 18 heavy (non-hydrogen) atoms. The molecule has 0 aliphatic carbocycles. The Labute approximate surface area is 108 Å². The third-order valence-corrected chi connectivity index (χ3v) is 3.31. The molecule has 0 spiro atoms. The number of aliphatic carboxylic acids is 1. The number of amides is 2. The van der Waals surface area contributed by atoms with Crippen molar-refractivity contribution in [1.82, 2.24) is 9.80 Å². The molecular formula is C13H22N2O3. The number of carboxylic acids is 1. The molecule has 5 heteroatoms. The van der Waals surface area contributed by atoms with Crippen molar-refractivity contribution < 1.29 is 14.7 Å². The Morgan fingerprint density at radius 3 is 2.83 bits per heavy atom. The minimum absolute atomic E-state index is 0.185. The van der Waals surface area contributed by atoms with E-state index >= 15 is 0 Å². The fraction of sp³-hybridized carbons (Fsp3) is 0.692. The van der Waals surface area contributed by atoms with E-state index < -0.39 is 5.97 Å². The van der Waals surface area contributed by atoms with Gasteiger partial charge in [0.15, 0.2) is 0 Å². The highest BCUT2D eigenvalue weighted by molar-refractivity contribution is 5.80. The molecule has 0 aromatic rings. The Hall–Kier alpha value is -1.52. The third kappa shape index (κ3) is 4.05. The summed E-state index contributed by atoms with van der Waals surface area (Å²) < 4.78 is 0. The van der Waals surface area contributed by atoms with Gasteiger partial charge in [0, 0.05) is 19.6 Å². The van der Waals surface area contributed by atoms with Crippen molar-refractivity contribution in [2.24, 2.45) is 5.92 Å². The smallest absolute Gasteiger partial charge is 0.323 e. The van der Waals surface area contributed by atoms with Crippen LogP contribution in [0.1, 0.15) is 26.2 Å². The molecule has 1 aliphatic rings. The summed E-state index contributed by atoms with van der Waals surface area (Å²) in [6, 6.07) is -0.185. The standard InChI is InChI=1S/C13H22N2O3/c1-3-7-14(10-12(16)17)13(18)15-8-5-6-11(4-2)9-15/h3,11H,1,4-10H2,2H3,(H,16,17). The molecule has 0 bridgehead atoms. The van der Waals surface area contributed by atoms with Crippen LogP contribution in [-0.2, 0) is 4.79 Å². The van der Waals surface area contributed by atoms with Crippen LogP contribution < -0.4 is 0 Å². The number of carbonyl (C=O) groups is 2. The maximum atomic E-state index is 12.2. The fourth-order valence-corrected chi connectivity index (χ4v) is 2.30. The zero-order valence-corrected chi connectivity index (χ0v) is 11.0. The van der Waals surface area contributed by atoms with Crippen molar-refractivity contribution in [2.45, 2.75) is 26.2 Å². The highest BCUT2D eigenvalue weighted by Gasteiger charge is 2.26. The van der Waals surface area contributed by atoms with Crippen molar-refractivity contribution in [3.63, 3.8) is 0 Å². The normalized spacial score (nSPS) is 19.4. The molecule has 0 radical (unpaired) electrons. The maximum absolute atomic E-state index is 12.2. The van der Waals surface area contributed by atoms with Crippen LogP contribution in [0.4, 0.5) is 4.79 Å². The second-order valence-corrected chi connectivity index (χ2v) is 4.71. The van der Waals surface area contributed by atoms with Crippen LogP contribution in [0.2, 0.25) is 0 Å². The van der Waals surface area contributed by atoms with E-state index in [9.17, 15) is 9.59 Å². The van der Waals surface area contributed by atoms with E-state index in [0.29, 0.717) is 5.92 Å². The molecule has 1 heterocycles. The van der Waals surface area contributed by atoms with Gasteiger partial charge in [0.1, 0.15) is 6.54 Å². The van der Waals surface area contributed by atoms with Crippen molar-refractivity contribution in [2.75, 3.05) is 26.2 Å². The Morgan fingerprint density at radius 1 is 1.56 bits per heavy atom. The Balaban J connectivity index is 2.63. The lowest BCUT2D eigenvalue weighted by Gasteiger charge is -2.35. The number of rotatable bonds is 5. The van der Waals surface area contributed by atoms with Gasteiger partial charge in [0.2, 0.25) is 0 Å². The molecule has 0 saturated carbocycles. The van der Waals surface area contributed by atoms with Gasteiger partial charge < -0.3 is 14.9 Å². The molecule has 1 fully saturated rings. The topological polar surface area (TPSA) is 60.9 Å². The molecule has 0 aromatic heterocycles. The first-order valence-corrected chi connectivity index (χ1v) is 6.45. The lowest BCUT2D eigenvalue weighted by Crippen LogP contribution is -2.49. The largest absolute Gasteiger partial charge is 0.480 e. The zero-order valence-electron chi connectivity index (χ0n) is 11.0. The summed E-state index contributed by atoms with van der Waals surface area (Å²) in [5.74, 6) is -0.452. The van der Waals surface area contributed by atoms with Gasteiger partial charge in [-0.15, -0.1) is 6.58 Å². The van der Waals surface area contributed by atoms with E-state index in [0.717, 1.165) is 32.4 Å². The molecule has 1 unspecified atom stereocenters. The first kappa shape index (κ1) is 14.5. The van der Waals surface area contributed by atoms with E-state index in [1.54, 1.807) is 11.0 Å². The number of hydrogen-bond donors (Lipinski definition) is 1. The Bertz CT molecular complexity index is 317. The van der Waals surface area contributed by atoms with Gasteiger partial charge in [0.25, 0.3) is 0 Å². The number of urea groups is 1. The lowest BCUT2D eigenvalue weighted by molar-refractivity contribution is -0.137. The van der Waals surface area contributed by atoms with Crippen molar-refractivity contribution in [3.8, 4) is 0 Å². The van der Waals surface area contributed by atoms with Gasteiger partial charge in [-0.3, -0.25) is 4.79 Å². The van der Waals surface area contributed by atoms with Crippen LogP contribution in [0.25, 0.3) is 0 Å². The molecular weight excluding hydrogens is 232 g/mol. The van der Waals surface area contributed by atoms with Crippen LogP contribution in [0.5, 0.6) is 0 Å². The molecule has 1 N–H and O–H groups in total. The number of carboxylic acid groups (broad SMARTS) is 1. The predicted octanol–water partition coefficient (Wildman–Crippen LogP) is 1.80. The molecule has 1 aliphatic heterocycles. The Morgan fingerprint density at radius 2 is 2.28 bits per heavy atom. The number of piperidine rings is 1. The second-order valence-electron chi connectivity index (χ2n) is 4.71. The first-order chi connectivity index (χ1) is 8.58. The molecule has 1 atom stereocenters. The molecule has 102 valence electrons. The van der Waals surface area contributed by atoms with Crippen LogP contribution in [0, 0.1) is 5.92 Å². The van der Waals surface area contributed by atoms with E-state index in [1.807, 2.05) is 0 Å².